The van der Waals surface area contributed by atoms with E-state index in [4.69, 9.17) is 5.84 Å². The molecule has 0 atom stereocenters. The lowest BCUT2D eigenvalue weighted by atomic mass is 11.1. The molecule has 0 saturated carbocycles. The summed E-state index contributed by atoms with van der Waals surface area (Å²) in [5.74, 6) is 5.07. The van der Waals surface area contributed by atoms with Crippen molar-refractivity contribution in [2.75, 3.05) is 7.05 Å². The van der Waals surface area contributed by atoms with Crippen LogP contribution < -0.4 is 5.84 Å². The second-order valence-corrected chi connectivity index (χ2v) is 1.04. The third kappa shape index (κ3) is 5.10. The molecule has 0 aromatic heterocycles. The van der Waals surface area contributed by atoms with E-state index in [0.29, 0.717) is 0 Å². The molecule has 0 spiro atoms. The van der Waals surface area contributed by atoms with Crippen LogP contribution in [0, 0.1) is 0 Å². The largest absolute Gasteiger partial charge is 0.303 e. The fourth-order valence-corrected chi connectivity index (χ4v) is 0.118. The van der Waals surface area contributed by atoms with Crippen LogP contribution in [0.5, 0.6) is 0 Å². The summed E-state index contributed by atoms with van der Waals surface area (Å²) < 4.78 is 0. The van der Waals surface area contributed by atoms with Crippen LogP contribution in [-0.4, -0.2) is 25.1 Å². The van der Waals surface area contributed by atoms with Gasteiger partial charge in [0.05, 0.1) is 0 Å². The molecular weight excluding hydrogens is 92.1 g/mol. The van der Waals surface area contributed by atoms with Gasteiger partial charge >= 0.3 is 0 Å². The van der Waals surface area contributed by atoms with Crippen LogP contribution in [0.25, 0.3) is 0 Å². The van der Waals surface area contributed by atoms with Gasteiger partial charge in [0.15, 0.2) is 0 Å². The van der Waals surface area contributed by atoms with Crippen molar-refractivity contribution in [1.82, 2.24) is 5.01 Å². The third-order valence-corrected chi connectivity index (χ3v) is 0.315. The van der Waals surface area contributed by atoms with Gasteiger partial charge in [0, 0.05) is 13.8 Å². The molecule has 0 fully saturated rings. The molecule has 0 heterocycles. The second kappa shape index (κ2) is 3.30. The average molecular weight is 100 g/mol. The Morgan fingerprint density at radius 3 is 2.57 bits per heavy atom. The van der Waals surface area contributed by atoms with Crippen molar-refractivity contribution < 1.29 is 0 Å². The average Bonchev–Trinajstić information content (AvgIpc) is 1.61. The summed E-state index contributed by atoms with van der Waals surface area (Å²) in [6, 6.07) is 0. The number of hydrogen-bond donors (Lipinski definition) is 1. The molecule has 0 aliphatic heterocycles. The Hall–Kier alpha value is -0.900. The van der Waals surface area contributed by atoms with E-state index in [1.54, 1.807) is 7.05 Å². The zero-order chi connectivity index (χ0) is 5.70. The predicted molar refractivity (Wildman–Crippen MR) is 30.0 cm³/mol. The molecule has 0 unspecified atom stereocenters. The van der Waals surface area contributed by atoms with Crippen molar-refractivity contribution >= 4 is 13.1 Å². The molecule has 4 heteroatoms. The molecule has 0 amide bonds. The maximum atomic E-state index is 5.07. The maximum Gasteiger partial charge on any atom is 0.127 e. The second-order valence-electron chi connectivity index (χ2n) is 1.04. The van der Waals surface area contributed by atoms with Gasteiger partial charge in [-0.3, -0.25) is 0 Å². The number of nitrogens with two attached hydrogens (primary N) is 1. The molecular formula is C3H8N4. The van der Waals surface area contributed by atoms with Gasteiger partial charge < -0.3 is 5.01 Å². The molecule has 2 N–H and O–H groups in total. The first-order valence-electron chi connectivity index (χ1n) is 1.74. The summed E-state index contributed by atoms with van der Waals surface area (Å²) in [5.41, 5.74) is 0. The van der Waals surface area contributed by atoms with Crippen LogP contribution in [0.4, 0.5) is 0 Å². The fraction of sp³-hybridized carbons (Fsp3) is 0.333. The van der Waals surface area contributed by atoms with Gasteiger partial charge in [-0.15, -0.1) is 5.10 Å². The standard InChI is InChI=1S/C3H8N4/c1-5-6-3-7(2)4/h3H,1,4H2,2H3/b6-3-. The first-order valence-corrected chi connectivity index (χ1v) is 1.74. The zero-order valence-electron chi connectivity index (χ0n) is 4.20. The lowest BCUT2D eigenvalue weighted by molar-refractivity contribution is 0.554. The zero-order valence-corrected chi connectivity index (χ0v) is 4.20. The molecule has 0 rings (SSSR count). The predicted octanol–water partition coefficient (Wildman–Crippen LogP) is -0.564. The topological polar surface area (TPSA) is 54.0 Å². The summed E-state index contributed by atoms with van der Waals surface area (Å²) in [6.45, 7) is 3.10. The van der Waals surface area contributed by atoms with Gasteiger partial charge in [-0.05, 0) is 0 Å². The van der Waals surface area contributed by atoms with E-state index < -0.39 is 0 Å². The lowest BCUT2D eigenvalue weighted by Gasteiger charge is -1.97. The Morgan fingerprint density at radius 1 is 1.86 bits per heavy atom. The Labute approximate surface area is 42.3 Å². The number of hydrazine groups is 1. The van der Waals surface area contributed by atoms with Crippen molar-refractivity contribution in [3.63, 3.8) is 0 Å². The van der Waals surface area contributed by atoms with Gasteiger partial charge in [0.2, 0.25) is 0 Å². The van der Waals surface area contributed by atoms with Crippen molar-refractivity contribution in [3.8, 4) is 0 Å². The highest BCUT2D eigenvalue weighted by molar-refractivity contribution is 5.53. The van der Waals surface area contributed by atoms with E-state index in [1.165, 1.54) is 11.3 Å². The summed E-state index contributed by atoms with van der Waals surface area (Å²) in [6.07, 6.45) is 1.35. The van der Waals surface area contributed by atoms with Crippen molar-refractivity contribution in [3.05, 3.63) is 0 Å². The SMILES string of the molecule is C=N/N=C\N(C)N. The maximum absolute atomic E-state index is 5.07. The molecule has 0 aromatic carbocycles. The van der Waals surface area contributed by atoms with E-state index in [-0.39, 0.29) is 0 Å². The van der Waals surface area contributed by atoms with E-state index in [1.807, 2.05) is 0 Å². The van der Waals surface area contributed by atoms with Crippen molar-refractivity contribution in [2.45, 2.75) is 0 Å². The number of nitrogens with zero attached hydrogens (tertiary/aromatic N) is 3. The molecule has 0 aliphatic carbocycles. The van der Waals surface area contributed by atoms with E-state index >= 15 is 0 Å². The van der Waals surface area contributed by atoms with Crippen molar-refractivity contribution in [2.24, 2.45) is 16.0 Å². The van der Waals surface area contributed by atoms with Gasteiger partial charge in [-0.25, -0.2) is 5.84 Å². The highest BCUT2D eigenvalue weighted by Gasteiger charge is 1.69. The van der Waals surface area contributed by atoms with E-state index in [2.05, 4.69) is 16.9 Å². The van der Waals surface area contributed by atoms with E-state index in [0.717, 1.165) is 0 Å². The van der Waals surface area contributed by atoms with Gasteiger partial charge in [0.25, 0.3) is 0 Å². The minimum absolute atomic E-state index is 1.29. The summed E-state index contributed by atoms with van der Waals surface area (Å²) in [7, 11) is 1.65. The first-order chi connectivity index (χ1) is 3.27. The van der Waals surface area contributed by atoms with Crippen LogP contribution in [0.1, 0.15) is 0 Å². The molecule has 0 radical (unpaired) electrons. The number of hydrogen-bond acceptors (Lipinski definition) is 3. The molecule has 4 nitrogen and oxygen atoms in total. The smallest absolute Gasteiger partial charge is 0.127 e. The van der Waals surface area contributed by atoms with Crippen molar-refractivity contribution in [1.29, 1.82) is 0 Å². The molecule has 0 aromatic rings. The molecule has 0 saturated heterocycles. The molecule has 40 valence electrons. The Morgan fingerprint density at radius 2 is 2.43 bits per heavy atom. The van der Waals surface area contributed by atoms with Gasteiger partial charge in [-0.1, -0.05) is 0 Å². The summed E-state index contributed by atoms with van der Waals surface area (Å²) >= 11 is 0. The minimum atomic E-state index is 1.29. The summed E-state index contributed by atoms with van der Waals surface area (Å²) in [4.78, 5) is 0. The van der Waals surface area contributed by atoms with Crippen LogP contribution in [0.15, 0.2) is 10.2 Å². The minimum Gasteiger partial charge on any atom is -0.303 e. The molecule has 0 bridgehead atoms. The van der Waals surface area contributed by atoms with Gasteiger partial charge in [0.1, 0.15) is 6.34 Å². The molecule has 0 aliphatic rings. The Kier molecular flexibility index (Phi) is 2.87. The Balaban J connectivity index is 3.25. The third-order valence-electron chi connectivity index (χ3n) is 0.315. The summed E-state index contributed by atoms with van der Waals surface area (Å²) in [5, 5.41) is 7.82. The number of rotatable bonds is 2. The lowest BCUT2D eigenvalue weighted by Crippen LogP contribution is -2.23. The highest BCUT2D eigenvalue weighted by Crippen LogP contribution is 1.61. The quantitative estimate of drug-likeness (QED) is 0.219. The first kappa shape index (κ1) is 6.10. The van der Waals surface area contributed by atoms with Crippen LogP contribution in [0.3, 0.4) is 0 Å². The monoisotopic (exact) mass is 100 g/mol. The van der Waals surface area contributed by atoms with E-state index in [9.17, 15) is 0 Å². The normalized spacial score (nSPS) is 9.43. The van der Waals surface area contributed by atoms with Crippen LogP contribution in [-0.2, 0) is 0 Å². The van der Waals surface area contributed by atoms with Crippen LogP contribution >= 0.6 is 0 Å². The fourth-order valence-electron chi connectivity index (χ4n) is 0.118. The highest BCUT2D eigenvalue weighted by atomic mass is 15.4. The van der Waals surface area contributed by atoms with Gasteiger partial charge in [-0.2, -0.15) is 5.10 Å². The van der Waals surface area contributed by atoms with Crippen LogP contribution in [0.2, 0.25) is 0 Å². The Bertz CT molecular complexity index is 75.0. The molecule has 7 heavy (non-hydrogen) atoms.